The van der Waals surface area contributed by atoms with Crippen molar-refractivity contribution in [3.8, 4) is 0 Å². The highest BCUT2D eigenvalue weighted by Crippen LogP contribution is 2.29. The number of amides is 2. The highest BCUT2D eigenvalue weighted by atomic mass is 127. The maximum Gasteiger partial charge on any atom is 0.325 e. The molecule has 9 heteroatoms. The van der Waals surface area contributed by atoms with Gasteiger partial charge in [0.1, 0.15) is 0 Å². The summed E-state index contributed by atoms with van der Waals surface area (Å²) < 4.78 is 1.65. The first-order chi connectivity index (χ1) is 11.0. The summed E-state index contributed by atoms with van der Waals surface area (Å²) in [5, 5.41) is 16.5. The maximum atomic E-state index is 12.0. The number of fused-ring (bicyclic) bond motifs is 1. The number of urea groups is 1. The number of nitro groups is 1. The number of benzene rings is 2. The van der Waals surface area contributed by atoms with Gasteiger partial charge in [0.15, 0.2) is 5.13 Å². The Morgan fingerprint density at radius 1 is 1.22 bits per heavy atom. The quantitative estimate of drug-likeness (QED) is 0.357. The third kappa shape index (κ3) is 3.74. The third-order valence-corrected chi connectivity index (χ3v) is 4.49. The average molecular weight is 440 g/mol. The molecule has 0 aliphatic carbocycles. The van der Waals surface area contributed by atoms with Gasteiger partial charge in [0, 0.05) is 21.4 Å². The third-order valence-electron chi connectivity index (χ3n) is 2.89. The Kier molecular flexibility index (Phi) is 4.39. The van der Waals surface area contributed by atoms with E-state index in [4.69, 9.17) is 0 Å². The minimum absolute atomic E-state index is 0.00369. The summed E-state index contributed by atoms with van der Waals surface area (Å²) in [6, 6.07) is 11.4. The number of rotatable bonds is 3. The Morgan fingerprint density at radius 3 is 2.78 bits per heavy atom. The van der Waals surface area contributed by atoms with E-state index in [-0.39, 0.29) is 5.69 Å². The van der Waals surface area contributed by atoms with Crippen LogP contribution in [-0.4, -0.2) is 15.9 Å². The van der Waals surface area contributed by atoms with Gasteiger partial charge < -0.3 is 5.32 Å². The molecule has 1 aromatic heterocycles. The van der Waals surface area contributed by atoms with Crippen molar-refractivity contribution < 1.29 is 9.72 Å². The largest absolute Gasteiger partial charge is 0.325 e. The number of halogens is 1. The van der Waals surface area contributed by atoms with E-state index in [1.54, 1.807) is 12.1 Å². The first-order valence-corrected chi connectivity index (χ1v) is 8.29. The molecule has 0 bridgehead atoms. The normalized spacial score (nSPS) is 10.5. The molecule has 3 aromatic rings. The Balaban J connectivity index is 1.75. The number of thiazole rings is 1. The molecule has 2 aromatic carbocycles. The first kappa shape index (κ1) is 15.6. The second-order valence-electron chi connectivity index (χ2n) is 4.52. The van der Waals surface area contributed by atoms with Crippen LogP contribution in [0, 0.1) is 13.7 Å². The number of carbonyl (C=O) groups is 1. The zero-order valence-corrected chi connectivity index (χ0v) is 14.4. The summed E-state index contributed by atoms with van der Waals surface area (Å²) >= 11 is 3.34. The molecule has 0 spiro atoms. The molecule has 1 heterocycles. The van der Waals surface area contributed by atoms with Crippen LogP contribution in [0.25, 0.3) is 10.2 Å². The number of hydrogen-bond acceptors (Lipinski definition) is 5. The van der Waals surface area contributed by atoms with Crippen molar-refractivity contribution in [2.45, 2.75) is 0 Å². The van der Waals surface area contributed by atoms with Crippen molar-refractivity contribution in [3.05, 3.63) is 56.1 Å². The van der Waals surface area contributed by atoms with E-state index in [0.717, 1.165) is 3.57 Å². The molecule has 0 aliphatic rings. The molecule has 3 rings (SSSR count). The highest BCUT2D eigenvalue weighted by molar-refractivity contribution is 14.1. The molecule has 116 valence electrons. The SMILES string of the molecule is O=C(Nc1cccc(I)c1)Nc1nc2ccc([N+](=O)[O-])cc2s1. The number of aromatic nitrogens is 1. The number of anilines is 2. The molecular weight excluding hydrogens is 431 g/mol. The molecule has 0 unspecified atom stereocenters. The lowest BCUT2D eigenvalue weighted by Crippen LogP contribution is -2.19. The summed E-state index contributed by atoms with van der Waals surface area (Å²) in [6.07, 6.45) is 0. The number of nitro benzene ring substituents is 1. The van der Waals surface area contributed by atoms with E-state index in [1.807, 2.05) is 18.2 Å². The van der Waals surface area contributed by atoms with Crippen molar-refractivity contribution in [3.63, 3.8) is 0 Å². The summed E-state index contributed by atoms with van der Waals surface area (Å²) in [7, 11) is 0. The molecule has 23 heavy (non-hydrogen) atoms. The Morgan fingerprint density at radius 2 is 2.04 bits per heavy atom. The Labute approximate surface area is 148 Å². The van der Waals surface area contributed by atoms with E-state index in [1.165, 1.54) is 23.5 Å². The van der Waals surface area contributed by atoms with Crippen LogP contribution >= 0.6 is 33.9 Å². The lowest BCUT2D eigenvalue weighted by Gasteiger charge is -2.05. The van der Waals surface area contributed by atoms with Crippen molar-refractivity contribution in [1.29, 1.82) is 0 Å². The molecule has 0 atom stereocenters. The van der Waals surface area contributed by atoms with Crippen molar-refractivity contribution in [2.75, 3.05) is 10.6 Å². The van der Waals surface area contributed by atoms with Gasteiger partial charge in [-0.2, -0.15) is 0 Å². The number of nitrogens with one attached hydrogen (secondary N) is 2. The van der Waals surface area contributed by atoms with Gasteiger partial charge in [-0.05, 0) is 46.9 Å². The van der Waals surface area contributed by atoms with Crippen LogP contribution in [0.3, 0.4) is 0 Å². The fourth-order valence-corrected chi connectivity index (χ4v) is 3.34. The molecule has 0 radical (unpaired) electrons. The van der Waals surface area contributed by atoms with Crippen LogP contribution in [0.5, 0.6) is 0 Å². The summed E-state index contributed by atoms with van der Waals surface area (Å²) in [5.74, 6) is 0. The van der Waals surface area contributed by atoms with Crippen molar-refractivity contribution >= 4 is 66.7 Å². The van der Waals surface area contributed by atoms with E-state index in [0.29, 0.717) is 21.0 Å². The highest BCUT2D eigenvalue weighted by Gasteiger charge is 2.12. The Bertz CT molecular complexity index is 912. The minimum Gasteiger partial charge on any atom is -0.308 e. The maximum absolute atomic E-state index is 12.0. The van der Waals surface area contributed by atoms with Crippen LogP contribution in [0.15, 0.2) is 42.5 Å². The average Bonchev–Trinajstić information content (AvgIpc) is 2.87. The molecule has 0 saturated heterocycles. The van der Waals surface area contributed by atoms with Gasteiger partial charge in [-0.15, -0.1) is 0 Å². The van der Waals surface area contributed by atoms with Gasteiger partial charge >= 0.3 is 6.03 Å². The van der Waals surface area contributed by atoms with Crippen LogP contribution in [0.1, 0.15) is 0 Å². The van der Waals surface area contributed by atoms with E-state index in [2.05, 4.69) is 38.2 Å². The topological polar surface area (TPSA) is 97.2 Å². The second kappa shape index (κ2) is 6.46. The standard InChI is InChI=1S/C14H9IN4O3S/c15-8-2-1-3-9(6-8)16-13(20)18-14-17-11-5-4-10(19(21)22)7-12(11)23-14/h1-7H,(H2,16,17,18,20). The lowest BCUT2D eigenvalue weighted by atomic mass is 10.3. The predicted molar refractivity (Wildman–Crippen MR) is 98.1 cm³/mol. The van der Waals surface area contributed by atoms with Crippen LogP contribution in [-0.2, 0) is 0 Å². The fourth-order valence-electron chi connectivity index (χ4n) is 1.91. The van der Waals surface area contributed by atoms with E-state index in [9.17, 15) is 14.9 Å². The van der Waals surface area contributed by atoms with E-state index < -0.39 is 11.0 Å². The summed E-state index contributed by atoms with van der Waals surface area (Å²) in [5.41, 5.74) is 1.27. The number of carbonyl (C=O) groups excluding carboxylic acids is 1. The van der Waals surface area contributed by atoms with Crippen LogP contribution in [0.4, 0.5) is 21.3 Å². The molecule has 2 N–H and O–H groups in total. The van der Waals surface area contributed by atoms with Gasteiger partial charge in [0.05, 0.1) is 15.1 Å². The molecule has 2 amide bonds. The summed E-state index contributed by atoms with van der Waals surface area (Å²) in [4.78, 5) is 26.5. The van der Waals surface area contributed by atoms with Gasteiger partial charge in [0.25, 0.3) is 5.69 Å². The van der Waals surface area contributed by atoms with Gasteiger partial charge in [0.2, 0.25) is 0 Å². The zero-order valence-electron chi connectivity index (χ0n) is 11.4. The van der Waals surface area contributed by atoms with Gasteiger partial charge in [-0.1, -0.05) is 17.4 Å². The smallest absolute Gasteiger partial charge is 0.308 e. The van der Waals surface area contributed by atoms with Crippen molar-refractivity contribution in [1.82, 2.24) is 4.98 Å². The molecule has 0 aliphatic heterocycles. The van der Waals surface area contributed by atoms with Crippen molar-refractivity contribution in [2.24, 2.45) is 0 Å². The first-order valence-electron chi connectivity index (χ1n) is 6.40. The summed E-state index contributed by atoms with van der Waals surface area (Å²) in [6.45, 7) is 0. The monoisotopic (exact) mass is 440 g/mol. The second-order valence-corrected chi connectivity index (χ2v) is 6.79. The molecular formula is C14H9IN4O3S. The lowest BCUT2D eigenvalue weighted by molar-refractivity contribution is -0.384. The minimum atomic E-state index is -0.462. The number of non-ortho nitro benzene ring substituents is 1. The molecule has 7 nitrogen and oxygen atoms in total. The van der Waals surface area contributed by atoms with Crippen LogP contribution < -0.4 is 10.6 Å². The molecule has 0 fully saturated rings. The van der Waals surface area contributed by atoms with Gasteiger partial charge in [-0.25, -0.2) is 9.78 Å². The van der Waals surface area contributed by atoms with Gasteiger partial charge in [-0.3, -0.25) is 15.4 Å². The fraction of sp³-hybridized carbons (Fsp3) is 0. The predicted octanol–water partition coefficient (Wildman–Crippen LogP) is 4.45. The number of nitrogens with zero attached hydrogens (tertiary/aromatic N) is 2. The van der Waals surface area contributed by atoms with Crippen LogP contribution in [0.2, 0.25) is 0 Å². The Hall–Kier alpha value is -2.27. The molecule has 0 saturated carbocycles. The number of hydrogen-bond donors (Lipinski definition) is 2. The van der Waals surface area contributed by atoms with E-state index >= 15 is 0 Å². The zero-order chi connectivity index (χ0) is 16.4.